The van der Waals surface area contributed by atoms with Crippen molar-refractivity contribution in [3.05, 3.63) is 24.0 Å². The van der Waals surface area contributed by atoms with E-state index in [1.54, 1.807) is 0 Å². The molecule has 5 heteroatoms. The highest BCUT2D eigenvalue weighted by Gasteiger charge is 2.18. The van der Waals surface area contributed by atoms with Crippen molar-refractivity contribution >= 4 is 5.91 Å². The Balaban J connectivity index is 2.78. The van der Waals surface area contributed by atoms with E-state index in [4.69, 9.17) is 0 Å². The van der Waals surface area contributed by atoms with Gasteiger partial charge >= 0.3 is 0 Å². The minimum atomic E-state index is -0.0701. The Morgan fingerprint density at radius 3 is 2.43 bits per heavy atom. The van der Waals surface area contributed by atoms with Crippen molar-refractivity contribution in [3.63, 3.8) is 0 Å². The van der Waals surface area contributed by atoms with E-state index in [0.717, 1.165) is 19.6 Å². The molecule has 5 nitrogen and oxygen atoms in total. The van der Waals surface area contributed by atoms with E-state index in [-0.39, 0.29) is 11.7 Å². The summed E-state index contributed by atoms with van der Waals surface area (Å²) in [7, 11) is 0. The number of hydrogen-bond acceptors (Lipinski definition) is 4. The molecule has 0 bridgehead atoms. The second kappa shape index (κ2) is 8.62. The summed E-state index contributed by atoms with van der Waals surface area (Å²) in [5.74, 6) is 0.351. The summed E-state index contributed by atoms with van der Waals surface area (Å²) in [4.78, 5) is 20.6. The summed E-state index contributed by atoms with van der Waals surface area (Å²) in [5, 5.41) is 9.48. The third-order valence-electron chi connectivity index (χ3n) is 3.42. The zero-order valence-electron chi connectivity index (χ0n) is 13.5. The van der Waals surface area contributed by atoms with Gasteiger partial charge in [-0.2, -0.15) is 0 Å². The molecule has 1 aromatic heterocycles. The maximum atomic E-state index is 12.6. The normalized spacial score (nSPS) is 11.1. The standard InChI is InChI=1S/C16H27N3O2/c1-5-18(6-2)7-8-19(12-13(3)4)16(21)14-9-15(20)11-17-10-14/h9-11,13,20H,5-8,12H2,1-4H3. The highest BCUT2D eigenvalue weighted by Crippen LogP contribution is 2.12. The SMILES string of the molecule is CCN(CC)CCN(CC(C)C)C(=O)c1cncc(O)c1. The lowest BCUT2D eigenvalue weighted by Gasteiger charge is -2.28. The molecule has 0 fully saturated rings. The Labute approximate surface area is 127 Å². The van der Waals surface area contributed by atoms with Crippen LogP contribution in [0.1, 0.15) is 38.1 Å². The van der Waals surface area contributed by atoms with Gasteiger partial charge in [0.05, 0.1) is 11.8 Å². The first-order valence-corrected chi connectivity index (χ1v) is 7.63. The van der Waals surface area contributed by atoms with Crippen LogP contribution in [0.5, 0.6) is 5.75 Å². The van der Waals surface area contributed by atoms with Crippen LogP contribution in [0, 0.1) is 5.92 Å². The molecule has 0 unspecified atom stereocenters. The van der Waals surface area contributed by atoms with E-state index in [0.29, 0.717) is 24.6 Å². The summed E-state index contributed by atoms with van der Waals surface area (Å²) in [6.07, 6.45) is 2.84. The van der Waals surface area contributed by atoms with E-state index in [9.17, 15) is 9.90 Å². The lowest BCUT2D eigenvalue weighted by molar-refractivity contribution is 0.0715. The second-order valence-corrected chi connectivity index (χ2v) is 5.60. The number of nitrogens with zero attached hydrogens (tertiary/aromatic N) is 3. The maximum absolute atomic E-state index is 12.6. The van der Waals surface area contributed by atoms with Crippen LogP contribution < -0.4 is 0 Å². The average molecular weight is 293 g/mol. The Morgan fingerprint density at radius 1 is 1.24 bits per heavy atom. The topological polar surface area (TPSA) is 56.7 Å². The molecule has 1 heterocycles. The summed E-state index contributed by atoms with van der Waals surface area (Å²) < 4.78 is 0. The van der Waals surface area contributed by atoms with Crippen molar-refractivity contribution in [2.24, 2.45) is 5.92 Å². The molecule has 0 aromatic carbocycles. The van der Waals surface area contributed by atoms with Crippen LogP contribution in [0.25, 0.3) is 0 Å². The molecule has 1 amide bonds. The lowest BCUT2D eigenvalue weighted by atomic mass is 10.1. The molecule has 0 atom stereocenters. The predicted molar refractivity (Wildman–Crippen MR) is 84.4 cm³/mol. The van der Waals surface area contributed by atoms with Crippen molar-refractivity contribution in [2.45, 2.75) is 27.7 Å². The van der Waals surface area contributed by atoms with Crippen LogP contribution in [0.15, 0.2) is 18.5 Å². The van der Waals surface area contributed by atoms with Gasteiger partial charge < -0.3 is 14.9 Å². The van der Waals surface area contributed by atoms with E-state index < -0.39 is 0 Å². The van der Waals surface area contributed by atoms with Gasteiger partial charge in [0.1, 0.15) is 5.75 Å². The molecule has 0 spiro atoms. The molecular weight excluding hydrogens is 266 g/mol. The summed E-state index contributed by atoms with van der Waals surface area (Å²) >= 11 is 0. The van der Waals surface area contributed by atoms with Gasteiger partial charge in [-0.25, -0.2) is 0 Å². The van der Waals surface area contributed by atoms with Gasteiger partial charge in [-0.1, -0.05) is 27.7 Å². The van der Waals surface area contributed by atoms with Gasteiger partial charge in [-0.15, -0.1) is 0 Å². The minimum absolute atomic E-state index is 0.0223. The number of likely N-dealkylation sites (N-methyl/N-ethyl adjacent to an activating group) is 1. The number of aromatic nitrogens is 1. The quantitative estimate of drug-likeness (QED) is 0.798. The fourth-order valence-electron chi connectivity index (χ4n) is 2.25. The smallest absolute Gasteiger partial charge is 0.255 e. The zero-order valence-corrected chi connectivity index (χ0v) is 13.5. The molecule has 118 valence electrons. The summed E-state index contributed by atoms with van der Waals surface area (Å²) in [6.45, 7) is 12.6. The minimum Gasteiger partial charge on any atom is -0.506 e. The molecule has 1 N–H and O–H groups in total. The van der Waals surface area contributed by atoms with Crippen molar-refractivity contribution in [1.29, 1.82) is 0 Å². The van der Waals surface area contributed by atoms with E-state index in [1.165, 1.54) is 18.5 Å². The first kappa shape index (κ1) is 17.4. The van der Waals surface area contributed by atoms with Crippen molar-refractivity contribution in [1.82, 2.24) is 14.8 Å². The second-order valence-electron chi connectivity index (χ2n) is 5.60. The Kier molecular flexibility index (Phi) is 7.15. The Bertz CT molecular complexity index is 445. The maximum Gasteiger partial charge on any atom is 0.255 e. The van der Waals surface area contributed by atoms with Gasteiger partial charge in [0.2, 0.25) is 0 Å². The van der Waals surface area contributed by atoms with Crippen LogP contribution in [0.3, 0.4) is 0 Å². The highest BCUT2D eigenvalue weighted by molar-refractivity contribution is 5.94. The fourth-order valence-corrected chi connectivity index (χ4v) is 2.25. The molecule has 0 radical (unpaired) electrons. The van der Waals surface area contributed by atoms with E-state index >= 15 is 0 Å². The number of hydrogen-bond donors (Lipinski definition) is 1. The van der Waals surface area contributed by atoms with Crippen LogP contribution in [-0.2, 0) is 0 Å². The van der Waals surface area contributed by atoms with E-state index in [1.807, 2.05) is 4.90 Å². The number of carbonyl (C=O) groups excluding carboxylic acids is 1. The highest BCUT2D eigenvalue weighted by atomic mass is 16.3. The summed E-state index contributed by atoms with van der Waals surface area (Å²) in [6, 6.07) is 1.47. The lowest BCUT2D eigenvalue weighted by Crippen LogP contribution is -2.40. The van der Waals surface area contributed by atoms with Crippen LogP contribution in [0.2, 0.25) is 0 Å². The Hall–Kier alpha value is -1.62. The number of rotatable bonds is 8. The molecule has 1 aromatic rings. The molecule has 0 aliphatic rings. The predicted octanol–water partition coefficient (Wildman–Crippen LogP) is 2.23. The summed E-state index contributed by atoms with van der Waals surface area (Å²) in [5.41, 5.74) is 0.440. The zero-order chi connectivity index (χ0) is 15.8. The van der Waals surface area contributed by atoms with E-state index in [2.05, 4.69) is 37.6 Å². The fraction of sp³-hybridized carbons (Fsp3) is 0.625. The molecule has 21 heavy (non-hydrogen) atoms. The van der Waals surface area contributed by atoms with Crippen molar-refractivity contribution in [2.75, 3.05) is 32.7 Å². The molecule has 0 aliphatic heterocycles. The first-order chi connectivity index (χ1) is 9.97. The van der Waals surface area contributed by atoms with Crippen LogP contribution in [-0.4, -0.2) is 58.5 Å². The Morgan fingerprint density at radius 2 is 1.90 bits per heavy atom. The third-order valence-corrected chi connectivity index (χ3v) is 3.42. The van der Waals surface area contributed by atoms with Crippen LogP contribution in [0.4, 0.5) is 0 Å². The van der Waals surface area contributed by atoms with Crippen LogP contribution >= 0.6 is 0 Å². The number of pyridine rings is 1. The molecule has 0 saturated heterocycles. The van der Waals surface area contributed by atoms with Gasteiger partial charge in [0.25, 0.3) is 5.91 Å². The van der Waals surface area contributed by atoms with Crippen molar-refractivity contribution < 1.29 is 9.90 Å². The first-order valence-electron chi connectivity index (χ1n) is 7.63. The third kappa shape index (κ3) is 5.71. The number of carbonyl (C=O) groups is 1. The number of aromatic hydroxyl groups is 1. The van der Waals surface area contributed by atoms with Crippen molar-refractivity contribution in [3.8, 4) is 5.75 Å². The molecule has 0 aliphatic carbocycles. The van der Waals surface area contributed by atoms with Gasteiger partial charge in [-0.3, -0.25) is 9.78 Å². The van der Waals surface area contributed by atoms with Gasteiger partial charge in [-0.05, 0) is 25.1 Å². The van der Waals surface area contributed by atoms with Gasteiger partial charge in [0.15, 0.2) is 0 Å². The van der Waals surface area contributed by atoms with Gasteiger partial charge in [0, 0.05) is 25.8 Å². The molecular formula is C16H27N3O2. The average Bonchev–Trinajstić information content (AvgIpc) is 2.46. The largest absolute Gasteiger partial charge is 0.506 e. The monoisotopic (exact) mass is 293 g/mol. The molecule has 0 saturated carbocycles. The molecule has 1 rings (SSSR count). The number of amides is 1.